The Hall–Kier alpha value is -3.03. The number of amides is 1. The average Bonchev–Trinajstić information content (AvgIpc) is 2.87. The number of carbonyl (C=O) groups excluding carboxylic acids is 2. The zero-order valence-electron chi connectivity index (χ0n) is 16.3. The molecular weight excluding hydrogens is 350 g/mol. The Morgan fingerprint density at radius 3 is 2.37 bits per heavy atom. The summed E-state index contributed by atoms with van der Waals surface area (Å²) >= 11 is 0. The van der Waals surface area contributed by atoms with Crippen molar-refractivity contribution in [3.63, 3.8) is 0 Å². The van der Waals surface area contributed by atoms with Crippen LogP contribution in [-0.4, -0.2) is 41.5 Å². The van der Waals surface area contributed by atoms with Crippen LogP contribution in [0.15, 0.2) is 18.2 Å². The van der Waals surface area contributed by atoms with Crippen molar-refractivity contribution < 1.29 is 23.8 Å². The second-order valence-corrected chi connectivity index (χ2v) is 5.82. The maximum atomic E-state index is 12.3. The number of nitrogens with zero attached hydrogens (tertiary/aromatic N) is 2. The molecule has 0 bridgehead atoms. The van der Waals surface area contributed by atoms with E-state index in [1.807, 2.05) is 20.8 Å². The third-order valence-corrected chi connectivity index (χ3v) is 3.89. The first-order valence-electron chi connectivity index (χ1n) is 8.74. The lowest BCUT2D eigenvalue weighted by Crippen LogP contribution is -2.21. The van der Waals surface area contributed by atoms with Crippen molar-refractivity contribution in [1.29, 1.82) is 0 Å². The molecule has 0 atom stereocenters. The van der Waals surface area contributed by atoms with E-state index in [0.717, 1.165) is 5.69 Å². The summed E-state index contributed by atoms with van der Waals surface area (Å²) < 4.78 is 17.7. The molecule has 0 unspecified atom stereocenters. The Labute approximate surface area is 158 Å². The summed E-state index contributed by atoms with van der Waals surface area (Å²) in [4.78, 5) is 24.4. The van der Waals surface area contributed by atoms with Gasteiger partial charge in [0.15, 0.2) is 18.1 Å². The van der Waals surface area contributed by atoms with Crippen molar-refractivity contribution in [1.82, 2.24) is 9.78 Å². The van der Waals surface area contributed by atoms with E-state index in [0.29, 0.717) is 36.1 Å². The molecule has 0 saturated carbocycles. The summed E-state index contributed by atoms with van der Waals surface area (Å²) in [6.45, 7) is 7.86. The van der Waals surface area contributed by atoms with Crippen LogP contribution in [0.1, 0.15) is 35.6 Å². The van der Waals surface area contributed by atoms with E-state index >= 15 is 0 Å². The van der Waals surface area contributed by atoms with Crippen LogP contribution in [0.5, 0.6) is 11.5 Å². The molecule has 0 radical (unpaired) electrons. The van der Waals surface area contributed by atoms with E-state index in [-0.39, 0.29) is 5.56 Å². The molecule has 0 saturated heterocycles. The van der Waals surface area contributed by atoms with Gasteiger partial charge in [0.1, 0.15) is 0 Å². The minimum Gasteiger partial charge on any atom is -0.490 e. The summed E-state index contributed by atoms with van der Waals surface area (Å²) in [5, 5.41) is 6.94. The van der Waals surface area contributed by atoms with Gasteiger partial charge in [-0.3, -0.25) is 9.48 Å². The minimum absolute atomic E-state index is 0.281. The average molecular weight is 375 g/mol. The third-order valence-electron chi connectivity index (χ3n) is 3.89. The Balaban J connectivity index is 2.00. The van der Waals surface area contributed by atoms with Crippen LogP contribution in [0.3, 0.4) is 0 Å². The van der Waals surface area contributed by atoms with Crippen LogP contribution < -0.4 is 14.8 Å². The van der Waals surface area contributed by atoms with E-state index in [1.165, 1.54) is 0 Å². The topological polar surface area (TPSA) is 91.7 Å². The van der Waals surface area contributed by atoms with Gasteiger partial charge in [0.05, 0.1) is 35.9 Å². The second-order valence-electron chi connectivity index (χ2n) is 5.82. The van der Waals surface area contributed by atoms with Gasteiger partial charge in [-0.25, -0.2) is 4.79 Å². The molecule has 0 aliphatic rings. The number of carbonyl (C=O) groups is 2. The van der Waals surface area contributed by atoms with E-state index in [2.05, 4.69) is 10.4 Å². The summed E-state index contributed by atoms with van der Waals surface area (Å²) in [7, 11) is 1.79. The molecule has 1 amide bonds. The summed E-state index contributed by atoms with van der Waals surface area (Å²) in [5.41, 5.74) is 2.42. The summed E-state index contributed by atoms with van der Waals surface area (Å²) in [6.07, 6.45) is 0. The van der Waals surface area contributed by atoms with Crippen LogP contribution in [0, 0.1) is 13.8 Å². The van der Waals surface area contributed by atoms with Gasteiger partial charge in [-0.15, -0.1) is 0 Å². The fraction of sp³-hybridized carbons (Fsp3) is 0.421. The number of nitrogens with one attached hydrogen (secondary N) is 1. The lowest BCUT2D eigenvalue weighted by molar-refractivity contribution is -0.119. The number of aromatic nitrogens is 2. The van der Waals surface area contributed by atoms with E-state index in [1.54, 1.807) is 36.9 Å². The smallest absolute Gasteiger partial charge is 0.338 e. The minimum atomic E-state index is -0.617. The van der Waals surface area contributed by atoms with Gasteiger partial charge in [0.2, 0.25) is 0 Å². The predicted octanol–water partition coefficient (Wildman–Crippen LogP) is 2.63. The number of hydrogen-bond donors (Lipinski definition) is 1. The van der Waals surface area contributed by atoms with Gasteiger partial charge in [0.25, 0.3) is 5.91 Å². The van der Waals surface area contributed by atoms with Crippen molar-refractivity contribution in [3.8, 4) is 11.5 Å². The number of ether oxygens (including phenoxy) is 3. The normalized spacial score (nSPS) is 10.4. The molecule has 0 aliphatic carbocycles. The molecule has 8 nitrogen and oxygen atoms in total. The molecule has 1 aromatic heterocycles. The lowest BCUT2D eigenvalue weighted by Gasteiger charge is -2.12. The summed E-state index contributed by atoms with van der Waals surface area (Å²) in [6, 6.07) is 4.76. The molecular formula is C19H25N3O5. The van der Waals surface area contributed by atoms with Crippen molar-refractivity contribution in [3.05, 3.63) is 35.2 Å². The molecule has 1 N–H and O–H groups in total. The fourth-order valence-electron chi connectivity index (χ4n) is 2.52. The number of benzene rings is 1. The molecule has 0 fully saturated rings. The fourth-order valence-corrected chi connectivity index (χ4v) is 2.52. The van der Waals surface area contributed by atoms with Crippen molar-refractivity contribution in [2.45, 2.75) is 27.7 Å². The van der Waals surface area contributed by atoms with Gasteiger partial charge in [-0.05, 0) is 45.9 Å². The van der Waals surface area contributed by atoms with Crippen LogP contribution in [0.25, 0.3) is 0 Å². The number of anilines is 1. The van der Waals surface area contributed by atoms with Gasteiger partial charge < -0.3 is 19.5 Å². The molecule has 2 aromatic rings. The largest absolute Gasteiger partial charge is 0.490 e. The highest BCUT2D eigenvalue weighted by molar-refractivity contribution is 5.96. The number of esters is 1. The SMILES string of the molecule is CCOc1ccc(C(=O)OCC(=O)Nc2c(C)nn(C)c2C)cc1OCC. The molecule has 0 aliphatic heterocycles. The maximum absolute atomic E-state index is 12.3. The standard InChI is InChI=1S/C19H25N3O5/c1-6-25-15-9-8-14(10-16(15)26-7-2)19(24)27-11-17(23)20-18-12(3)21-22(5)13(18)4/h8-10H,6-7,11H2,1-5H3,(H,20,23). The lowest BCUT2D eigenvalue weighted by atomic mass is 10.2. The van der Waals surface area contributed by atoms with Crippen LogP contribution in [0.4, 0.5) is 5.69 Å². The number of hydrogen-bond acceptors (Lipinski definition) is 6. The first-order valence-corrected chi connectivity index (χ1v) is 8.74. The Morgan fingerprint density at radius 2 is 1.78 bits per heavy atom. The van der Waals surface area contributed by atoms with E-state index in [4.69, 9.17) is 14.2 Å². The Morgan fingerprint density at radius 1 is 1.11 bits per heavy atom. The molecule has 146 valence electrons. The van der Waals surface area contributed by atoms with Crippen molar-refractivity contribution >= 4 is 17.6 Å². The second kappa shape index (κ2) is 9.07. The predicted molar refractivity (Wildman–Crippen MR) is 100 cm³/mol. The quantitative estimate of drug-likeness (QED) is 0.713. The van der Waals surface area contributed by atoms with Crippen LogP contribution >= 0.6 is 0 Å². The number of rotatable bonds is 8. The molecule has 1 aromatic carbocycles. The molecule has 0 spiro atoms. The van der Waals surface area contributed by atoms with Crippen molar-refractivity contribution in [2.24, 2.45) is 7.05 Å². The molecule has 1 heterocycles. The van der Waals surface area contributed by atoms with Gasteiger partial charge >= 0.3 is 5.97 Å². The van der Waals surface area contributed by atoms with Crippen LogP contribution in [0.2, 0.25) is 0 Å². The van der Waals surface area contributed by atoms with E-state index < -0.39 is 18.5 Å². The third kappa shape index (κ3) is 4.99. The molecule has 2 rings (SSSR count). The molecule has 27 heavy (non-hydrogen) atoms. The van der Waals surface area contributed by atoms with Crippen LogP contribution in [-0.2, 0) is 16.6 Å². The summed E-state index contributed by atoms with van der Waals surface area (Å²) in [5.74, 6) is -0.0386. The first-order chi connectivity index (χ1) is 12.9. The highest BCUT2D eigenvalue weighted by Crippen LogP contribution is 2.28. The Kier molecular flexibility index (Phi) is 6.81. The highest BCUT2D eigenvalue weighted by atomic mass is 16.5. The zero-order chi connectivity index (χ0) is 20.0. The van der Waals surface area contributed by atoms with Gasteiger partial charge in [-0.2, -0.15) is 5.10 Å². The van der Waals surface area contributed by atoms with E-state index in [9.17, 15) is 9.59 Å². The Bertz CT molecular complexity index is 829. The zero-order valence-corrected chi connectivity index (χ0v) is 16.3. The highest BCUT2D eigenvalue weighted by Gasteiger charge is 2.16. The first kappa shape index (κ1) is 20.3. The molecule has 8 heteroatoms. The maximum Gasteiger partial charge on any atom is 0.338 e. The van der Waals surface area contributed by atoms with Gasteiger partial charge in [-0.1, -0.05) is 0 Å². The van der Waals surface area contributed by atoms with Gasteiger partial charge in [0, 0.05) is 7.05 Å². The number of aryl methyl sites for hydroxylation is 2. The monoisotopic (exact) mass is 375 g/mol. The van der Waals surface area contributed by atoms with Crippen molar-refractivity contribution in [2.75, 3.05) is 25.1 Å².